The third-order valence-corrected chi connectivity index (χ3v) is 3.85. The highest BCUT2D eigenvalue weighted by molar-refractivity contribution is 9.10. The number of nitrogen functional groups attached to an aromatic ring is 1. The largest absolute Gasteiger partial charge is 0.399 e. The van der Waals surface area contributed by atoms with Crippen LogP contribution in [0.1, 0.15) is 26.2 Å². The first kappa shape index (κ1) is 10.8. The Morgan fingerprint density at radius 1 is 1.40 bits per heavy atom. The molecule has 3 heteroatoms. The summed E-state index contributed by atoms with van der Waals surface area (Å²) in [6, 6.07) is 6.55. The van der Waals surface area contributed by atoms with E-state index in [1.807, 2.05) is 18.2 Å². The predicted octanol–water partition coefficient (Wildman–Crippen LogP) is 3.63. The molecule has 0 spiro atoms. The van der Waals surface area contributed by atoms with E-state index in [1.165, 1.54) is 19.3 Å². The molecule has 1 aromatic carbocycles. The van der Waals surface area contributed by atoms with Gasteiger partial charge in [-0.1, -0.05) is 13.3 Å². The van der Waals surface area contributed by atoms with Crippen molar-refractivity contribution in [3.63, 3.8) is 0 Å². The molecule has 0 aliphatic heterocycles. The van der Waals surface area contributed by atoms with Crippen LogP contribution in [0, 0.1) is 5.92 Å². The predicted molar refractivity (Wildman–Crippen MR) is 69.0 cm³/mol. The molecular weight excluding hydrogens is 252 g/mol. The van der Waals surface area contributed by atoms with Crippen LogP contribution in [0.25, 0.3) is 0 Å². The number of hydrogen-bond acceptors (Lipinski definition) is 2. The van der Waals surface area contributed by atoms with Crippen molar-refractivity contribution in [2.24, 2.45) is 5.92 Å². The minimum Gasteiger partial charge on any atom is -0.399 e. The molecule has 1 fully saturated rings. The molecule has 2 unspecified atom stereocenters. The Kier molecular flexibility index (Phi) is 3.19. The van der Waals surface area contributed by atoms with E-state index in [-0.39, 0.29) is 0 Å². The van der Waals surface area contributed by atoms with Gasteiger partial charge in [0.05, 0.1) is 0 Å². The lowest BCUT2D eigenvalue weighted by Crippen LogP contribution is -2.21. The zero-order chi connectivity index (χ0) is 10.8. The molecule has 82 valence electrons. The van der Waals surface area contributed by atoms with Gasteiger partial charge in [0.25, 0.3) is 0 Å². The van der Waals surface area contributed by atoms with Gasteiger partial charge in [0, 0.05) is 21.9 Å². The van der Waals surface area contributed by atoms with E-state index >= 15 is 0 Å². The number of benzene rings is 1. The molecular formula is C12H17BrN2. The molecule has 0 heterocycles. The lowest BCUT2D eigenvalue weighted by Gasteiger charge is -2.19. The first-order valence-corrected chi connectivity index (χ1v) is 6.27. The van der Waals surface area contributed by atoms with Gasteiger partial charge in [0.15, 0.2) is 0 Å². The minimum absolute atomic E-state index is 0.616. The van der Waals surface area contributed by atoms with E-state index in [0.29, 0.717) is 6.04 Å². The van der Waals surface area contributed by atoms with Crippen molar-refractivity contribution in [2.45, 2.75) is 32.2 Å². The minimum atomic E-state index is 0.616. The molecule has 1 aromatic rings. The maximum Gasteiger partial charge on any atom is 0.0488 e. The number of nitrogens with two attached hydrogens (primary N) is 1. The third kappa shape index (κ3) is 2.46. The fourth-order valence-electron chi connectivity index (χ4n) is 2.21. The molecule has 2 nitrogen and oxygen atoms in total. The van der Waals surface area contributed by atoms with Crippen LogP contribution in [0.15, 0.2) is 22.7 Å². The van der Waals surface area contributed by atoms with E-state index < -0.39 is 0 Å². The highest BCUT2D eigenvalue weighted by Crippen LogP contribution is 2.31. The zero-order valence-corrected chi connectivity index (χ0v) is 10.5. The van der Waals surface area contributed by atoms with Crippen LogP contribution >= 0.6 is 15.9 Å². The molecule has 0 amide bonds. The van der Waals surface area contributed by atoms with Gasteiger partial charge in [-0.25, -0.2) is 0 Å². The van der Waals surface area contributed by atoms with Gasteiger partial charge in [0.1, 0.15) is 0 Å². The summed E-state index contributed by atoms with van der Waals surface area (Å²) in [6.07, 6.45) is 3.95. The molecule has 0 radical (unpaired) electrons. The van der Waals surface area contributed by atoms with Crippen molar-refractivity contribution in [2.75, 3.05) is 11.1 Å². The number of halogens is 1. The number of nitrogens with one attached hydrogen (secondary N) is 1. The van der Waals surface area contributed by atoms with Crippen molar-refractivity contribution >= 4 is 27.3 Å². The third-order valence-electron chi connectivity index (χ3n) is 3.20. The van der Waals surface area contributed by atoms with E-state index in [9.17, 15) is 0 Å². The zero-order valence-electron chi connectivity index (χ0n) is 8.96. The van der Waals surface area contributed by atoms with Gasteiger partial charge < -0.3 is 11.1 Å². The van der Waals surface area contributed by atoms with Crippen LogP contribution in [0.4, 0.5) is 11.4 Å². The molecule has 1 aliphatic rings. The van der Waals surface area contributed by atoms with E-state index in [1.54, 1.807) is 0 Å². The molecule has 3 N–H and O–H groups in total. The normalized spacial score (nSPS) is 25.5. The summed E-state index contributed by atoms with van der Waals surface area (Å²) in [5.74, 6) is 0.773. The molecule has 2 rings (SSSR count). The van der Waals surface area contributed by atoms with Gasteiger partial charge in [-0.15, -0.1) is 0 Å². The Labute approximate surface area is 99.4 Å². The van der Waals surface area contributed by atoms with Crippen LogP contribution < -0.4 is 11.1 Å². The summed E-state index contributed by atoms with van der Waals surface area (Å²) in [4.78, 5) is 0. The Hall–Kier alpha value is -0.700. The molecule has 2 atom stereocenters. The summed E-state index contributed by atoms with van der Waals surface area (Å²) < 4.78 is 1.06. The van der Waals surface area contributed by atoms with Crippen molar-refractivity contribution < 1.29 is 0 Å². The van der Waals surface area contributed by atoms with E-state index in [0.717, 1.165) is 21.8 Å². The topological polar surface area (TPSA) is 38.0 Å². The Bertz CT molecular complexity index is 351. The summed E-state index contributed by atoms with van der Waals surface area (Å²) in [7, 11) is 0. The second kappa shape index (κ2) is 4.44. The molecule has 0 aromatic heterocycles. The number of hydrogen-bond donors (Lipinski definition) is 2. The van der Waals surface area contributed by atoms with Crippen LogP contribution in [0.3, 0.4) is 0 Å². The monoisotopic (exact) mass is 268 g/mol. The van der Waals surface area contributed by atoms with Gasteiger partial charge >= 0.3 is 0 Å². The maximum atomic E-state index is 5.71. The maximum absolute atomic E-state index is 5.71. The Morgan fingerprint density at radius 2 is 2.20 bits per heavy atom. The fraction of sp³-hybridized carbons (Fsp3) is 0.500. The van der Waals surface area contributed by atoms with Crippen molar-refractivity contribution in [1.29, 1.82) is 0 Å². The number of rotatable bonds is 2. The fourth-order valence-corrected chi connectivity index (χ4v) is 2.72. The van der Waals surface area contributed by atoms with Crippen molar-refractivity contribution in [3.8, 4) is 0 Å². The SMILES string of the molecule is CC1CCCC1Nc1ccc(N)cc1Br. The first-order chi connectivity index (χ1) is 7.16. The van der Waals surface area contributed by atoms with Crippen LogP contribution in [-0.2, 0) is 0 Å². The van der Waals surface area contributed by atoms with Crippen molar-refractivity contribution in [1.82, 2.24) is 0 Å². The van der Waals surface area contributed by atoms with Crippen LogP contribution in [0.5, 0.6) is 0 Å². The highest BCUT2D eigenvalue weighted by atomic mass is 79.9. The second-order valence-electron chi connectivity index (χ2n) is 4.40. The smallest absolute Gasteiger partial charge is 0.0488 e. The Morgan fingerprint density at radius 3 is 2.80 bits per heavy atom. The quantitative estimate of drug-likeness (QED) is 0.804. The molecule has 0 saturated heterocycles. The lowest BCUT2D eigenvalue weighted by atomic mass is 10.1. The van der Waals surface area contributed by atoms with Crippen LogP contribution in [-0.4, -0.2) is 6.04 Å². The molecule has 15 heavy (non-hydrogen) atoms. The van der Waals surface area contributed by atoms with Gasteiger partial charge in [-0.05, 0) is 52.9 Å². The summed E-state index contributed by atoms with van der Waals surface area (Å²) in [6.45, 7) is 2.32. The molecule has 0 bridgehead atoms. The van der Waals surface area contributed by atoms with Crippen molar-refractivity contribution in [3.05, 3.63) is 22.7 Å². The average Bonchev–Trinajstić information content (AvgIpc) is 2.57. The molecule has 1 saturated carbocycles. The summed E-state index contributed by atoms with van der Waals surface area (Å²) >= 11 is 3.53. The second-order valence-corrected chi connectivity index (χ2v) is 5.25. The highest BCUT2D eigenvalue weighted by Gasteiger charge is 2.23. The average molecular weight is 269 g/mol. The summed E-state index contributed by atoms with van der Waals surface area (Å²) in [5, 5.41) is 3.58. The van der Waals surface area contributed by atoms with Crippen LogP contribution in [0.2, 0.25) is 0 Å². The van der Waals surface area contributed by atoms with Gasteiger partial charge in [-0.2, -0.15) is 0 Å². The van der Waals surface area contributed by atoms with E-state index in [4.69, 9.17) is 5.73 Å². The van der Waals surface area contributed by atoms with E-state index in [2.05, 4.69) is 28.2 Å². The first-order valence-electron chi connectivity index (χ1n) is 5.48. The summed E-state index contributed by atoms with van der Waals surface area (Å²) in [5.41, 5.74) is 7.66. The number of anilines is 2. The van der Waals surface area contributed by atoms with Gasteiger partial charge in [-0.3, -0.25) is 0 Å². The Balaban J connectivity index is 2.10. The standard InChI is InChI=1S/C12H17BrN2/c1-8-3-2-4-11(8)15-12-6-5-9(14)7-10(12)13/h5-8,11,15H,2-4,14H2,1H3. The molecule has 1 aliphatic carbocycles. The van der Waals surface area contributed by atoms with Gasteiger partial charge in [0.2, 0.25) is 0 Å². The lowest BCUT2D eigenvalue weighted by molar-refractivity contribution is 0.556.